The van der Waals surface area contributed by atoms with E-state index in [1.807, 2.05) is 0 Å². The highest BCUT2D eigenvalue weighted by Gasteiger charge is 2.17. The monoisotopic (exact) mass is 919 g/mol. The SMILES string of the molecule is CC/C=C\C/C=C\C/C=C\C/C=C\C/C=C\CCCCCC(=O)OCC(COCCCCCCCCCCCCCCCCCC)OC(=O)CCCCCCC/C=C\C/C=C\CCCCC. The van der Waals surface area contributed by atoms with Gasteiger partial charge in [0.15, 0.2) is 6.10 Å². The number of allylic oxidation sites excluding steroid dienone is 14. The Hall–Kier alpha value is -2.92. The van der Waals surface area contributed by atoms with Crippen molar-refractivity contribution in [3.63, 3.8) is 0 Å². The zero-order valence-corrected chi connectivity index (χ0v) is 43.7. The summed E-state index contributed by atoms with van der Waals surface area (Å²) >= 11 is 0. The highest BCUT2D eigenvalue weighted by molar-refractivity contribution is 5.70. The van der Waals surface area contributed by atoms with Crippen molar-refractivity contribution in [1.82, 2.24) is 0 Å². The van der Waals surface area contributed by atoms with Crippen LogP contribution in [0, 0.1) is 0 Å². The Morgan fingerprint density at radius 1 is 0.348 bits per heavy atom. The van der Waals surface area contributed by atoms with E-state index in [9.17, 15) is 9.59 Å². The van der Waals surface area contributed by atoms with Crippen molar-refractivity contribution < 1.29 is 23.8 Å². The summed E-state index contributed by atoms with van der Waals surface area (Å²) in [6.45, 7) is 7.67. The molecule has 0 radical (unpaired) electrons. The van der Waals surface area contributed by atoms with Gasteiger partial charge in [-0.3, -0.25) is 9.59 Å². The summed E-state index contributed by atoms with van der Waals surface area (Å²) in [5.41, 5.74) is 0. The zero-order valence-electron chi connectivity index (χ0n) is 43.7. The molecule has 380 valence electrons. The number of rotatable bonds is 51. The van der Waals surface area contributed by atoms with Gasteiger partial charge >= 0.3 is 11.9 Å². The number of carbonyl (C=O) groups excluding carboxylic acids is 2. The minimum Gasteiger partial charge on any atom is -0.462 e. The second kappa shape index (κ2) is 56.4. The average Bonchev–Trinajstić information content (AvgIpc) is 3.32. The average molecular weight is 920 g/mol. The van der Waals surface area contributed by atoms with E-state index in [0.29, 0.717) is 19.4 Å². The van der Waals surface area contributed by atoms with Crippen molar-refractivity contribution in [2.75, 3.05) is 19.8 Å². The quantitative estimate of drug-likeness (QED) is 0.0346. The highest BCUT2D eigenvalue weighted by Crippen LogP contribution is 2.15. The molecule has 0 aliphatic rings. The lowest BCUT2D eigenvalue weighted by molar-refractivity contribution is -0.163. The van der Waals surface area contributed by atoms with Gasteiger partial charge in [0.05, 0.1) is 6.61 Å². The fraction of sp³-hybridized carbons (Fsp3) is 0.738. The minimum atomic E-state index is -0.559. The van der Waals surface area contributed by atoms with Crippen LogP contribution in [0.1, 0.15) is 265 Å². The van der Waals surface area contributed by atoms with E-state index in [2.05, 4.69) is 106 Å². The van der Waals surface area contributed by atoms with Crippen LogP contribution >= 0.6 is 0 Å². The molecule has 0 fully saturated rings. The lowest BCUT2D eigenvalue weighted by Gasteiger charge is -2.18. The number of esters is 2. The number of hydrogen-bond donors (Lipinski definition) is 0. The van der Waals surface area contributed by atoms with Crippen LogP contribution in [0.4, 0.5) is 0 Å². The molecule has 0 bridgehead atoms. The number of unbranched alkanes of at least 4 members (excludes halogenated alkanes) is 26. The van der Waals surface area contributed by atoms with Gasteiger partial charge in [-0.2, -0.15) is 0 Å². The molecule has 1 atom stereocenters. The van der Waals surface area contributed by atoms with Gasteiger partial charge in [-0.25, -0.2) is 0 Å². The van der Waals surface area contributed by atoms with E-state index in [4.69, 9.17) is 14.2 Å². The van der Waals surface area contributed by atoms with Crippen molar-refractivity contribution in [3.8, 4) is 0 Å². The number of hydrogen-bond acceptors (Lipinski definition) is 5. The second-order valence-electron chi connectivity index (χ2n) is 18.5. The maximum Gasteiger partial charge on any atom is 0.306 e. The largest absolute Gasteiger partial charge is 0.462 e. The van der Waals surface area contributed by atoms with Gasteiger partial charge in [0.2, 0.25) is 0 Å². The molecule has 0 spiro atoms. The van der Waals surface area contributed by atoms with Gasteiger partial charge in [0, 0.05) is 19.4 Å². The second-order valence-corrected chi connectivity index (χ2v) is 18.5. The Morgan fingerprint density at radius 2 is 0.682 bits per heavy atom. The molecule has 0 saturated carbocycles. The Morgan fingerprint density at radius 3 is 1.14 bits per heavy atom. The number of carbonyl (C=O) groups is 2. The molecule has 5 nitrogen and oxygen atoms in total. The topological polar surface area (TPSA) is 61.8 Å². The van der Waals surface area contributed by atoms with Gasteiger partial charge in [0.25, 0.3) is 0 Å². The van der Waals surface area contributed by atoms with Crippen LogP contribution in [-0.4, -0.2) is 37.9 Å². The standard InChI is InChI=1S/C61H106O5/c1-4-7-10-13-16-19-22-25-28-30-31-32-34-36-39-42-45-48-51-54-60(62)65-58-59(57-64-56-53-50-47-44-41-38-35-29-26-23-20-17-14-11-8-5-2)66-61(63)55-52-49-46-43-40-37-33-27-24-21-18-15-12-9-6-3/h7,10,16,18-19,21,25,27-28,31-33,36,39,59H,4-6,8-9,11-15,17,20,22-24,26,29-30,34-35,37-38,40-58H2,1-3H3/b10-7-,19-16-,21-18-,28-25-,32-31-,33-27-,39-36-. The predicted molar refractivity (Wildman–Crippen MR) is 288 cm³/mol. The van der Waals surface area contributed by atoms with E-state index >= 15 is 0 Å². The fourth-order valence-electron chi connectivity index (χ4n) is 7.74. The Bertz CT molecular complexity index is 1220. The van der Waals surface area contributed by atoms with Crippen molar-refractivity contribution >= 4 is 11.9 Å². The van der Waals surface area contributed by atoms with Gasteiger partial charge in [-0.05, 0) is 96.3 Å². The van der Waals surface area contributed by atoms with E-state index in [1.54, 1.807) is 0 Å². The summed E-state index contributed by atoms with van der Waals surface area (Å²) in [5.74, 6) is -0.444. The summed E-state index contributed by atoms with van der Waals surface area (Å²) in [6, 6.07) is 0. The maximum atomic E-state index is 12.8. The molecular weight excluding hydrogens is 813 g/mol. The molecule has 0 aromatic heterocycles. The van der Waals surface area contributed by atoms with Crippen LogP contribution in [0.15, 0.2) is 85.1 Å². The van der Waals surface area contributed by atoms with E-state index < -0.39 is 6.10 Å². The van der Waals surface area contributed by atoms with Crippen LogP contribution in [0.25, 0.3) is 0 Å². The molecular formula is C61H106O5. The van der Waals surface area contributed by atoms with Crippen molar-refractivity contribution in [1.29, 1.82) is 0 Å². The first-order chi connectivity index (χ1) is 32.6. The lowest BCUT2D eigenvalue weighted by atomic mass is 10.0. The molecule has 0 aliphatic carbocycles. The highest BCUT2D eigenvalue weighted by atomic mass is 16.6. The van der Waals surface area contributed by atoms with Crippen molar-refractivity contribution in [2.45, 2.75) is 271 Å². The molecule has 0 saturated heterocycles. The Balaban J connectivity index is 4.35. The van der Waals surface area contributed by atoms with E-state index in [-0.39, 0.29) is 25.2 Å². The third-order valence-electron chi connectivity index (χ3n) is 11.9. The molecule has 0 amide bonds. The summed E-state index contributed by atoms with van der Waals surface area (Å²) in [6.07, 6.45) is 74.5. The van der Waals surface area contributed by atoms with Crippen molar-refractivity contribution in [2.24, 2.45) is 0 Å². The zero-order chi connectivity index (χ0) is 47.7. The third-order valence-corrected chi connectivity index (χ3v) is 11.9. The van der Waals surface area contributed by atoms with Crippen LogP contribution in [-0.2, 0) is 23.8 Å². The summed E-state index contributed by atoms with van der Waals surface area (Å²) < 4.78 is 17.4. The van der Waals surface area contributed by atoms with E-state index in [1.165, 1.54) is 128 Å². The van der Waals surface area contributed by atoms with Gasteiger partial charge in [-0.15, -0.1) is 0 Å². The summed E-state index contributed by atoms with van der Waals surface area (Å²) in [5, 5.41) is 0. The number of ether oxygens (including phenoxy) is 3. The molecule has 1 unspecified atom stereocenters. The molecule has 0 N–H and O–H groups in total. The first-order valence-corrected chi connectivity index (χ1v) is 28.1. The van der Waals surface area contributed by atoms with Crippen LogP contribution in [0.3, 0.4) is 0 Å². The van der Waals surface area contributed by atoms with Gasteiger partial charge < -0.3 is 14.2 Å². The minimum absolute atomic E-state index is 0.0612. The molecule has 0 aromatic rings. The van der Waals surface area contributed by atoms with Crippen LogP contribution < -0.4 is 0 Å². The lowest BCUT2D eigenvalue weighted by Crippen LogP contribution is -2.30. The van der Waals surface area contributed by atoms with Crippen LogP contribution in [0.5, 0.6) is 0 Å². The molecule has 0 aliphatic heterocycles. The maximum absolute atomic E-state index is 12.8. The van der Waals surface area contributed by atoms with Crippen LogP contribution in [0.2, 0.25) is 0 Å². The molecule has 0 rings (SSSR count). The molecule has 0 aromatic carbocycles. The first-order valence-electron chi connectivity index (χ1n) is 28.1. The Labute approximate surface area is 409 Å². The smallest absolute Gasteiger partial charge is 0.306 e. The van der Waals surface area contributed by atoms with Gasteiger partial charge in [-0.1, -0.05) is 241 Å². The predicted octanol–water partition coefficient (Wildman–Crippen LogP) is 19.2. The van der Waals surface area contributed by atoms with E-state index in [0.717, 1.165) is 103 Å². The molecule has 0 heterocycles. The summed E-state index contributed by atoms with van der Waals surface area (Å²) in [4.78, 5) is 25.5. The first kappa shape index (κ1) is 63.1. The normalized spacial score (nSPS) is 12.8. The van der Waals surface area contributed by atoms with Gasteiger partial charge in [0.1, 0.15) is 6.61 Å². The molecule has 5 heteroatoms. The molecule has 66 heavy (non-hydrogen) atoms. The fourth-order valence-corrected chi connectivity index (χ4v) is 7.74. The van der Waals surface area contributed by atoms with Crippen molar-refractivity contribution in [3.05, 3.63) is 85.1 Å². The summed E-state index contributed by atoms with van der Waals surface area (Å²) in [7, 11) is 0. The third kappa shape index (κ3) is 53.7. The Kier molecular flexibility index (Phi) is 53.9.